The van der Waals surface area contributed by atoms with Crippen LogP contribution in [0.1, 0.15) is 6.92 Å². The zero-order chi connectivity index (χ0) is 11.7. The minimum Gasteiger partial charge on any atom is -0.481 e. The molecule has 1 aromatic carbocycles. The summed E-state index contributed by atoms with van der Waals surface area (Å²) in [7, 11) is 0. The van der Waals surface area contributed by atoms with E-state index in [1.807, 2.05) is 0 Å². The summed E-state index contributed by atoms with van der Waals surface area (Å²) in [4.78, 5) is 10.7. The fourth-order valence-electron chi connectivity index (χ4n) is 1.51. The average molecular weight is 222 g/mol. The Morgan fingerprint density at radius 1 is 1.62 bits per heavy atom. The molecule has 2 aromatic rings. The first-order chi connectivity index (χ1) is 7.58. The smallest absolute Gasteiger partial charge is 0.308 e. The van der Waals surface area contributed by atoms with E-state index >= 15 is 0 Å². The van der Waals surface area contributed by atoms with Crippen molar-refractivity contribution < 1.29 is 14.3 Å². The zero-order valence-corrected chi connectivity index (χ0v) is 8.72. The molecule has 84 valence electrons. The highest BCUT2D eigenvalue weighted by molar-refractivity contribution is 5.78. The minimum absolute atomic E-state index is 0.240. The monoisotopic (exact) mass is 222 g/mol. The predicted molar refractivity (Wildman–Crippen MR) is 56.5 cm³/mol. The third kappa shape index (κ3) is 1.88. The molecule has 16 heavy (non-hydrogen) atoms. The molecule has 4 nitrogen and oxygen atoms in total. The number of aliphatic carboxylic acids is 1. The first-order valence-corrected chi connectivity index (χ1v) is 4.92. The van der Waals surface area contributed by atoms with Crippen molar-refractivity contribution in [2.24, 2.45) is 5.92 Å². The van der Waals surface area contributed by atoms with Crippen LogP contribution in [0.3, 0.4) is 0 Å². The van der Waals surface area contributed by atoms with Crippen LogP contribution >= 0.6 is 0 Å². The van der Waals surface area contributed by atoms with E-state index in [4.69, 9.17) is 5.11 Å². The zero-order valence-electron chi connectivity index (χ0n) is 8.72. The van der Waals surface area contributed by atoms with Crippen molar-refractivity contribution in [1.82, 2.24) is 9.78 Å². The molecule has 1 heterocycles. The number of carbonyl (C=O) groups is 1. The van der Waals surface area contributed by atoms with Gasteiger partial charge in [-0.1, -0.05) is 19.1 Å². The Balaban J connectivity index is 2.33. The summed E-state index contributed by atoms with van der Waals surface area (Å²) in [6.07, 6.45) is 1.65. The van der Waals surface area contributed by atoms with Gasteiger partial charge in [0.15, 0.2) is 5.82 Å². The second-order valence-electron chi connectivity index (χ2n) is 3.77. The predicted octanol–water partition coefficient (Wildman–Crippen LogP) is 1.90. The highest BCUT2D eigenvalue weighted by atomic mass is 19.1. The summed E-state index contributed by atoms with van der Waals surface area (Å²) in [5, 5.41) is 13.4. The number of halogens is 1. The summed E-state index contributed by atoms with van der Waals surface area (Å²) >= 11 is 0. The van der Waals surface area contributed by atoms with E-state index in [1.54, 1.807) is 25.3 Å². The molecule has 1 N–H and O–H groups in total. The number of carboxylic acid groups (broad SMARTS) is 1. The van der Waals surface area contributed by atoms with Crippen LogP contribution in [-0.2, 0) is 11.3 Å². The lowest BCUT2D eigenvalue weighted by Gasteiger charge is -2.04. The maximum Gasteiger partial charge on any atom is 0.308 e. The summed E-state index contributed by atoms with van der Waals surface area (Å²) in [6.45, 7) is 1.83. The summed E-state index contributed by atoms with van der Waals surface area (Å²) in [5.41, 5.74) is 0.278. The fourth-order valence-corrected chi connectivity index (χ4v) is 1.51. The van der Waals surface area contributed by atoms with Crippen molar-refractivity contribution in [3.8, 4) is 0 Å². The molecule has 0 aliphatic carbocycles. The molecule has 0 spiro atoms. The number of hydrogen-bond donors (Lipinski definition) is 1. The van der Waals surface area contributed by atoms with E-state index in [0.717, 1.165) is 0 Å². The number of carboxylic acids is 1. The molecule has 5 heteroatoms. The third-order valence-corrected chi connectivity index (χ3v) is 2.42. The van der Waals surface area contributed by atoms with Crippen molar-refractivity contribution >= 4 is 16.9 Å². The van der Waals surface area contributed by atoms with Gasteiger partial charge in [-0.25, -0.2) is 4.39 Å². The lowest BCUT2D eigenvalue weighted by molar-refractivity contribution is -0.141. The summed E-state index contributed by atoms with van der Waals surface area (Å²) in [6, 6.07) is 4.68. The second kappa shape index (κ2) is 3.92. The fraction of sp³-hybridized carbons (Fsp3) is 0.273. The number of fused-ring (bicyclic) bond motifs is 1. The molecule has 1 unspecified atom stereocenters. The van der Waals surface area contributed by atoms with Crippen LogP contribution < -0.4 is 0 Å². The van der Waals surface area contributed by atoms with Crippen LogP contribution in [0.25, 0.3) is 10.9 Å². The Morgan fingerprint density at radius 3 is 3.00 bits per heavy atom. The molecule has 2 rings (SSSR count). The Morgan fingerprint density at radius 2 is 2.38 bits per heavy atom. The van der Waals surface area contributed by atoms with E-state index in [1.165, 1.54) is 10.7 Å². The van der Waals surface area contributed by atoms with Gasteiger partial charge in [0, 0.05) is 11.6 Å². The molecule has 1 atom stereocenters. The molecule has 0 amide bonds. The third-order valence-electron chi connectivity index (χ3n) is 2.42. The molecule has 1 aromatic heterocycles. The Kier molecular flexibility index (Phi) is 2.60. The lowest BCUT2D eigenvalue weighted by Crippen LogP contribution is -2.16. The van der Waals surface area contributed by atoms with E-state index in [9.17, 15) is 9.18 Å². The number of aromatic nitrogens is 2. The van der Waals surface area contributed by atoms with Gasteiger partial charge in [-0.2, -0.15) is 5.10 Å². The van der Waals surface area contributed by atoms with Crippen LogP contribution in [0.15, 0.2) is 24.4 Å². The van der Waals surface area contributed by atoms with Gasteiger partial charge in [0.25, 0.3) is 0 Å². The average Bonchev–Trinajstić information content (AvgIpc) is 2.61. The summed E-state index contributed by atoms with van der Waals surface area (Å²) < 4.78 is 14.8. The molecule has 0 aliphatic rings. The normalized spacial score (nSPS) is 12.9. The first-order valence-electron chi connectivity index (χ1n) is 4.92. The van der Waals surface area contributed by atoms with Crippen molar-refractivity contribution in [3.05, 3.63) is 30.2 Å². The molecule has 0 bridgehead atoms. The van der Waals surface area contributed by atoms with Crippen LogP contribution in [0.5, 0.6) is 0 Å². The summed E-state index contributed by atoms with van der Waals surface area (Å²) in [5.74, 6) is -1.82. The van der Waals surface area contributed by atoms with Crippen LogP contribution in [0.4, 0.5) is 4.39 Å². The van der Waals surface area contributed by atoms with Gasteiger partial charge in [0.1, 0.15) is 5.52 Å². The van der Waals surface area contributed by atoms with Gasteiger partial charge in [-0.3, -0.25) is 9.48 Å². The van der Waals surface area contributed by atoms with Crippen molar-refractivity contribution in [1.29, 1.82) is 0 Å². The molecular weight excluding hydrogens is 211 g/mol. The molecule has 0 saturated heterocycles. The largest absolute Gasteiger partial charge is 0.481 e. The molecule has 0 saturated carbocycles. The van der Waals surface area contributed by atoms with Crippen LogP contribution in [-0.4, -0.2) is 20.9 Å². The van der Waals surface area contributed by atoms with Crippen molar-refractivity contribution in [2.75, 3.05) is 0 Å². The maximum atomic E-state index is 13.3. The van der Waals surface area contributed by atoms with Gasteiger partial charge in [0.05, 0.1) is 12.5 Å². The van der Waals surface area contributed by atoms with Gasteiger partial charge >= 0.3 is 5.97 Å². The highest BCUT2D eigenvalue weighted by Gasteiger charge is 2.13. The number of nitrogens with zero attached hydrogens (tertiary/aromatic N) is 2. The Bertz CT molecular complexity index is 536. The van der Waals surface area contributed by atoms with Crippen LogP contribution in [0.2, 0.25) is 0 Å². The quantitative estimate of drug-likeness (QED) is 0.862. The van der Waals surface area contributed by atoms with Gasteiger partial charge in [-0.15, -0.1) is 0 Å². The van der Waals surface area contributed by atoms with Crippen LogP contribution in [0, 0.1) is 11.7 Å². The molecule has 0 radical (unpaired) electrons. The Hall–Kier alpha value is -1.91. The second-order valence-corrected chi connectivity index (χ2v) is 3.77. The first kappa shape index (κ1) is 10.6. The molecule has 0 fully saturated rings. The maximum absolute atomic E-state index is 13.3. The van der Waals surface area contributed by atoms with E-state index in [0.29, 0.717) is 5.39 Å². The van der Waals surface area contributed by atoms with Crippen molar-refractivity contribution in [2.45, 2.75) is 13.5 Å². The van der Waals surface area contributed by atoms with Gasteiger partial charge < -0.3 is 5.11 Å². The van der Waals surface area contributed by atoms with E-state index in [2.05, 4.69) is 5.10 Å². The highest BCUT2D eigenvalue weighted by Crippen LogP contribution is 2.16. The van der Waals surface area contributed by atoms with Gasteiger partial charge in [0.2, 0.25) is 0 Å². The Labute approximate surface area is 91.3 Å². The number of benzene rings is 1. The lowest BCUT2D eigenvalue weighted by atomic mass is 10.2. The SMILES string of the molecule is CC(Cn1cc2cccc(F)c2n1)C(=O)O. The van der Waals surface area contributed by atoms with E-state index in [-0.39, 0.29) is 17.9 Å². The number of rotatable bonds is 3. The molecule has 0 aliphatic heterocycles. The molecular formula is C11H11FN2O2. The standard InChI is InChI=1S/C11H11FN2O2/c1-7(11(15)16)5-14-6-8-3-2-4-9(12)10(8)13-14/h2-4,6-7H,5H2,1H3,(H,15,16). The van der Waals surface area contributed by atoms with Gasteiger partial charge in [-0.05, 0) is 6.07 Å². The topological polar surface area (TPSA) is 55.1 Å². The van der Waals surface area contributed by atoms with E-state index < -0.39 is 11.9 Å². The number of hydrogen-bond acceptors (Lipinski definition) is 2. The minimum atomic E-state index is -0.889. The van der Waals surface area contributed by atoms with Crippen molar-refractivity contribution in [3.63, 3.8) is 0 Å².